The molecule has 100 valence electrons. The molecule has 1 N–H and O–H groups in total. The van der Waals surface area contributed by atoms with E-state index < -0.39 is 0 Å². The summed E-state index contributed by atoms with van der Waals surface area (Å²) in [6.07, 6.45) is 2.69. The summed E-state index contributed by atoms with van der Waals surface area (Å²) in [6.45, 7) is 6.76. The molecule has 17 heavy (non-hydrogen) atoms. The van der Waals surface area contributed by atoms with Gasteiger partial charge in [0, 0.05) is 20.2 Å². The van der Waals surface area contributed by atoms with Gasteiger partial charge in [0.2, 0.25) is 5.91 Å². The average molecular weight is 242 g/mol. The molecule has 1 amide bonds. The number of likely N-dealkylation sites (tertiary alicyclic amines) is 1. The third kappa shape index (κ3) is 4.64. The van der Waals surface area contributed by atoms with Gasteiger partial charge < -0.3 is 15.0 Å². The number of nitrogens with zero attached hydrogens (tertiary/aromatic N) is 1. The van der Waals surface area contributed by atoms with Gasteiger partial charge in [-0.2, -0.15) is 0 Å². The van der Waals surface area contributed by atoms with Crippen LogP contribution in [0.1, 0.15) is 33.1 Å². The van der Waals surface area contributed by atoms with Crippen LogP contribution >= 0.6 is 0 Å². The van der Waals surface area contributed by atoms with E-state index in [0.717, 1.165) is 38.4 Å². The first-order valence-corrected chi connectivity index (χ1v) is 6.46. The Morgan fingerprint density at radius 2 is 2.00 bits per heavy atom. The highest BCUT2D eigenvalue weighted by molar-refractivity contribution is 5.77. The van der Waals surface area contributed by atoms with Crippen molar-refractivity contribution in [1.82, 2.24) is 10.2 Å². The van der Waals surface area contributed by atoms with Crippen molar-refractivity contribution in [3.05, 3.63) is 0 Å². The molecule has 0 radical (unpaired) electrons. The maximum atomic E-state index is 12.1. The van der Waals surface area contributed by atoms with Crippen LogP contribution in [-0.2, 0) is 9.53 Å². The van der Waals surface area contributed by atoms with Crippen molar-refractivity contribution in [3.63, 3.8) is 0 Å². The van der Waals surface area contributed by atoms with E-state index in [1.807, 2.05) is 25.8 Å². The zero-order chi connectivity index (χ0) is 12.9. The molecular formula is C13H26N2O2. The number of hydrogen-bond donors (Lipinski definition) is 1. The Labute approximate surface area is 105 Å². The van der Waals surface area contributed by atoms with Crippen molar-refractivity contribution >= 4 is 5.91 Å². The van der Waals surface area contributed by atoms with Crippen LogP contribution in [0.25, 0.3) is 0 Å². The highest BCUT2D eigenvalue weighted by Crippen LogP contribution is 2.20. The molecule has 1 rings (SSSR count). The lowest BCUT2D eigenvalue weighted by atomic mass is 9.95. The number of piperidine rings is 1. The molecule has 0 unspecified atom stereocenters. The van der Waals surface area contributed by atoms with Crippen LogP contribution in [0.4, 0.5) is 0 Å². The molecule has 1 fully saturated rings. The Morgan fingerprint density at radius 1 is 1.41 bits per heavy atom. The van der Waals surface area contributed by atoms with Crippen LogP contribution in [-0.4, -0.2) is 50.2 Å². The molecule has 0 saturated carbocycles. The fourth-order valence-corrected chi connectivity index (χ4v) is 2.22. The van der Waals surface area contributed by atoms with Crippen molar-refractivity contribution < 1.29 is 9.53 Å². The molecule has 0 aliphatic carbocycles. The first-order chi connectivity index (χ1) is 7.98. The van der Waals surface area contributed by atoms with Gasteiger partial charge >= 0.3 is 0 Å². The second-order valence-electron chi connectivity index (χ2n) is 5.52. The van der Waals surface area contributed by atoms with Crippen molar-refractivity contribution in [2.24, 2.45) is 5.92 Å². The lowest BCUT2D eigenvalue weighted by Crippen LogP contribution is -2.43. The van der Waals surface area contributed by atoms with E-state index in [1.165, 1.54) is 0 Å². The minimum Gasteiger partial charge on any atom is -0.378 e. The van der Waals surface area contributed by atoms with Gasteiger partial charge in [-0.3, -0.25) is 4.79 Å². The molecule has 4 heteroatoms. The van der Waals surface area contributed by atoms with E-state index in [4.69, 9.17) is 4.74 Å². The zero-order valence-electron chi connectivity index (χ0n) is 11.6. The topological polar surface area (TPSA) is 41.6 Å². The minimum absolute atomic E-state index is 0.222. The van der Waals surface area contributed by atoms with Gasteiger partial charge in [0.05, 0.1) is 12.0 Å². The smallest absolute Gasteiger partial charge is 0.225 e. The molecular weight excluding hydrogens is 216 g/mol. The third-order valence-corrected chi connectivity index (χ3v) is 3.59. The average Bonchev–Trinajstić information content (AvgIpc) is 2.30. The fourth-order valence-electron chi connectivity index (χ4n) is 2.22. The van der Waals surface area contributed by atoms with Crippen LogP contribution < -0.4 is 5.32 Å². The molecule has 1 aliphatic rings. The summed E-state index contributed by atoms with van der Waals surface area (Å²) < 4.78 is 5.30. The van der Waals surface area contributed by atoms with Crippen LogP contribution in [0.3, 0.4) is 0 Å². The maximum Gasteiger partial charge on any atom is 0.225 e. The predicted molar refractivity (Wildman–Crippen MR) is 68.9 cm³/mol. The molecule has 0 atom stereocenters. The molecule has 1 saturated heterocycles. The van der Waals surface area contributed by atoms with Crippen LogP contribution in [0.5, 0.6) is 0 Å². The van der Waals surface area contributed by atoms with Crippen LogP contribution in [0, 0.1) is 5.92 Å². The molecule has 0 spiro atoms. The monoisotopic (exact) mass is 242 g/mol. The Kier molecular flexibility index (Phi) is 5.40. The molecule has 0 aromatic heterocycles. The second-order valence-corrected chi connectivity index (χ2v) is 5.52. The zero-order valence-corrected chi connectivity index (χ0v) is 11.6. The Morgan fingerprint density at radius 3 is 2.47 bits per heavy atom. The SMILES string of the molecule is CNCC1CCN(C(=O)CC(C)(C)OC)CC1. The quantitative estimate of drug-likeness (QED) is 0.789. The lowest BCUT2D eigenvalue weighted by Gasteiger charge is -2.34. The van der Waals surface area contributed by atoms with Crippen molar-refractivity contribution in [2.75, 3.05) is 33.8 Å². The standard InChI is InChI=1S/C13H26N2O2/c1-13(2,17-4)9-12(16)15-7-5-11(6-8-15)10-14-3/h11,14H,5-10H2,1-4H3. The number of methoxy groups -OCH3 is 1. The summed E-state index contributed by atoms with van der Waals surface area (Å²) in [4.78, 5) is 14.0. The van der Waals surface area contributed by atoms with Gasteiger partial charge in [0.25, 0.3) is 0 Å². The normalized spacial score (nSPS) is 18.5. The maximum absolute atomic E-state index is 12.1. The molecule has 1 aliphatic heterocycles. The number of hydrogen-bond acceptors (Lipinski definition) is 3. The van der Waals surface area contributed by atoms with E-state index in [-0.39, 0.29) is 11.5 Å². The van der Waals surface area contributed by atoms with E-state index >= 15 is 0 Å². The van der Waals surface area contributed by atoms with E-state index in [1.54, 1.807) is 7.11 Å². The Hall–Kier alpha value is -0.610. The number of amides is 1. The number of carbonyl (C=O) groups is 1. The Balaban J connectivity index is 2.36. The number of ether oxygens (including phenoxy) is 1. The Bertz CT molecular complexity index is 246. The van der Waals surface area contributed by atoms with Gasteiger partial charge in [-0.25, -0.2) is 0 Å². The molecule has 1 heterocycles. The van der Waals surface area contributed by atoms with Crippen LogP contribution in [0.2, 0.25) is 0 Å². The summed E-state index contributed by atoms with van der Waals surface area (Å²) in [6, 6.07) is 0. The summed E-state index contributed by atoms with van der Waals surface area (Å²) in [7, 11) is 3.64. The van der Waals surface area contributed by atoms with Gasteiger partial charge in [-0.15, -0.1) is 0 Å². The van der Waals surface area contributed by atoms with Gasteiger partial charge in [-0.1, -0.05) is 0 Å². The molecule has 4 nitrogen and oxygen atoms in total. The summed E-state index contributed by atoms with van der Waals surface area (Å²) in [5.41, 5.74) is -0.348. The first-order valence-electron chi connectivity index (χ1n) is 6.46. The summed E-state index contributed by atoms with van der Waals surface area (Å²) in [5.74, 6) is 0.944. The number of nitrogens with one attached hydrogen (secondary N) is 1. The van der Waals surface area contributed by atoms with Gasteiger partial charge in [0.1, 0.15) is 0 Å². The van der Waals surface area contributed by atoms with Gasteiger partial charge in [0.15, 0.2) is 0 Å². The van der Waals surface area contributed by atoms with Crippen molar-refractivity contribution in [1.29, 1.82) is 0 Å². The first kappa shape index (κ1) is 14.5. The summed E-state index contributed by atoms with van der Waals surface area (Å²) in [5, 5.41) is 3.21. The van der Waals surface area contributed by atoms with Crippen LogP contribution in [0.15, 0.2) is 0 Å². The predicted octanol–water partition coefficient (Wildman–Crippen LogP) is 1.26. The fraction of sp³-hybridized carbons (Fsp3) is 0.923. The molecule has 0 aromatic carbocycles. The number of rotatable bonds is 5. The van der Waals surface area contributed by atoms with Gasteiger partial charge in [-0.05, 0) is 46.2 Å². The summed E-state index contributed by atoms with van der Waals surface area (Å²) >= 11 is 0. The highest BCUT2D eigenvalue weighted by atomic mass is 16.5. The third-order valence-electron chi connectivity index (χ3n) is 3.59. The highest BCUT2D eigenvalue weighted by Gasteiger charge is 2.27. The van der Waals surface area contributed by atoms with E-state index in [0.29, 0.717) is 6.42 Å². The second kappa shape index (κ2) is 6.36. The number of carbonyl (C=O) groups excluding carboxylic acids is 1. The van der Waals surface area contributed by atoms with E-state index in [2.05, 4.69) is 5.32 Å². The van der Waals surface area contributed by atoms with Crippen molar-refractivity contribution in [3.8, 4) is 0 Å². The van der Waals surface area contributed by atoms with Crippen molar-refractivity contribution in [2.45, 2.75) is 38.7 Å². The lowest BCUT2D eigenvalue weighted by molar-refractivity contribution is -0.137. The largest absolute Gasteiger partial charge is 0.378 e. The van der Waals surface area contributed by atoms with E-state index in [9.17, 15) is 4.79 Å². The minimum atomic E-state index is -0.348. The molecule has 0 bridgehead atoms. The molecule has 0 aromatic rings.